The summed E-state index contributed by atoms with van der Waals surface area (Å²) in [5, 5.41) is 12.0. The van der Waals surface area contributed by atoms with E-state index in [2.05, 4.69) is 11.4 Å². The maximum atomic E-state index is 8.78. The van der Waals surface area contributed by atoms with Gasteiger partial charge in [0.1, 0.15) is 0 Å². The van der Waals surface area contributed by atoms with Crippen LogP contribution in [0.15, 0.2) is 24.3 Å². The molecule has 0 aliphatic carbocycles. The van der Waals surface area contributed by atoms with E-state index in [4.69, 9.17) is 5.26 Å². The minimum Gasteiger partial charge on any atom is -0.381 e. The van der Waals surface area contributed by atoms with Crippen molar-refractivity contribution in [1.82, 2.24) is 0 Å². The van der Waals surface area contributed by atoms with Crippen LogP contribution in [0.4, 0.5) is 5.69 Å². The van der Waals surface area contributed by atoms with Gasteiger partial charge in [-0.2, -0.15) is 5.26 Å². The number of anilines is 1. The average molecular weight is 156 g/mol. The fraction of sp³-hybridized carbons (Fsp3) is 0.100. The van der Waals surface area contributed by atoms with Crippen molar-refractivity contribution < 1.29 is 0 Å². The van der Waals surface area contributed by atoms with Crippen LogP contribution in [0.1, 0.15) is 11.1 Å². The Hall–Kier alpha value is -1.75. The van der Waals surface area contributed by atoms with Crippen molar-refractivity contribution in [1.29, 1.82) is 5.26 Å². The smallest absolute Gasteiger partial charge is 0.0998 e. The first-order chi connectivity index (χ1) is 5.92. The number of rotatable bonds is 0. The lowest BCUT2D eigenvalue weighted by Crippen LogP contribution is -2.05. The summed E-state index contributed by atoms with van der Waals surface area (Å²) in [6.45, 7) is 0.849. The minimum atomic E-state index is 0.732. The van der Waals surface area contributed by atoms with Crippen LogP contribution < -0.4 is 5.32 Å². The molecule has 1 aliphatic heterocycles. The second kappa shape index (κ2) is 2.71. The van der Waals surface area contributed by atoms with E-state index in [0.29, 0.717) is 0 Å². The van der Waals surface area contributed by atoms with Gasteiger partial charge in [0.15, 0.2) is 0 Å². The van der Waals surface area contributed by atoms with Crippen LogP contribution in [0, 0.1) is 11.3 Å². The molecule has 0 bridgehead atoms. The molecule has 58 valence electrons. The Kier molecular flexibility index (Phi) is 1.56. The monoisotopic (exact) mass is 156 g/mol. The fourth-order valence-electron chi connectivity index (χ4n) is 1.34. The topological polar surface area (TPSA) is 35.8 Å². The number of hydrogen-bond donors (Lipinski definition) is 1. The lowest BCUT2D eigenvalue weighted by Gasteiger charge is -2.12. The van der Waals surface area contributed by atoms with Crippen LogP contribution >= 0.6 is 0 Å². The summed E-state index contributed by atoms with van der Waals surface area (Å²) < 4.78 is 0. The molecule has 1 N–H and O–H groups in total. The van der Waals surface area contributed by atoms with E-state index in [1.54, 1.807) is 0 Å². The second-order valence-electron chi connectivity index (χ2n) is 2.66. The van der Waals surface area contributed by atoms with Gasteiger partial charge < -0.3 is 5.32 Å². The van der Waals surface area contributed by atoms with Gasteiger partial charge in [0.25, 0.3) is 0 Å². The first-order valence-electron chi connectivity index (χ1n) is 3.85. The van der Waals surface area contributed by atoms with Crippen molar-refractivity contribution in [3.63, 3.8) is 0 Å². The molecule has 0 radical (unpaired) electrons. The predicted octanol–water partition coefficient (Wildman–Crippen LogP) is 2.00. The Labute approximate surface area is 71.1 Å². The van der Waals surface area contributed by atoms with E-state index in [-0.39, 0.29) is 0 Å². The molecule has 0 spiro atoms. The van der Waals surface area contributed by atoms with Crippen LogP contribution in [0.2, 0.25) is 0 Å². The van der Waals surface area contributed by atoms with E-state index in [0.717, 1.165) is 23.4 Å². The van der Waals surface area contributed by atoms with E-state index < -0.39 is 0 Å². The lowest BCUT2D eigenvalue weighted by atomic mass is 10.0. The Morgan fingerprint density at radius 3 is 3.17 bits per heavy atom. The highest BCUT2D eigenvalue weighted by Gasteiger charge is 2.06. The van der Waals surface area contributed by atoms with E-state index in [1.807, 2.05) is 30.4 Å². The SMILES string of the molecule is N#Cc1cccc2c1C=CCN2. The van der Waals surface area contributed by atoms with E-state index >= 15 is 0 Å². The Morgan fingerprint density at radius 1 is 1.42 bits per heavy atom. The second-order valence-corrected chi connectivity index (χ2v) is 2.66. The van der Waals surface area contributed by atoms with E-state index in [1.165, 1.54) is 0 Å². The van der Waals surface area contributed by atoms with Crippen LogP contribution in [-0.4, -0.2) is 6.54 Å². The van der Waals surface area contributed by atoms with Crippen LogP contribution in [0.25, 0.3) is 6.08 Å². The van der Waals surface area contributed by atoms with Crippen LogP contribution in [-0.2, 0) is 0 Å². The van der Waals surface area contributed by atoms with Crippen molar-refractivity contribution in [2.45, 2.75) is 0 Å². The minimum absolute atomic E-state index is 0.732. The average Bonchev–Trinajstić information content (AvgIpc) is 2.17. The number of nitrogens with one attached hydrogen (secondary N) is 1. The largest absolute Gasteiger partial charge is 0.381 e. The van der Waals surface area contributed by atoms with Gasteiger partial charge in [-0.15, -0.1) is 0 Å². The van der Waals surface area contributed by atoms with Gasteiger partial charge in [0.05, 0.1) is 11.6 Å². The first-order valence-corrected chi connectivity index (χ1v) is 3.85. The van der Waals surface area contributed by atoms with Gasteiger partial charge in [0.2, 0.25) is 0 Å². The summed E-state index contributed by atoms with van der Waals surface area (Å²) in [4.78, 5) is 0. The van der Waals surface area contributed by atoms with Gasteiger partial charge in [-0.1, -0.05) is 18.2 Å². The molecule has 0 amide bonds. The summed E-state index contributed by atoms with van der Waals surface area (Å²) in [6, 6.07) is 7.87. The standard InChI is InChI=1S/C10H8N2/c11-7-8-3-1-5-10-9(8)4-2-6-12-10/h1-5,12H,6H2. The zero-order valence-corrected chi connectivity index (χ0v) is 6.54. The third kappa shape index (κ3) is 0.960. The van der Waals surface area contributed by atoms with Crippen molar-refractivity contribution in [2.75, 3.05) is 11.9 Å². The number of hydrogen-bond acceptors (Lipinski definition) is 2. The Balaban J connectivity index is 2.64. The molecule has 2 nitrogen and oxygen atoms in total. The molecule has 1 aromatic carbocycles. The van der Waals surface area contributed by atoms with Crippen molar-refractivity contribution in [3.8, 4) is 6.07 Å². The van der Waals surface area contributed by atoms with Gasteiger partial charge in [0, 0.05) is 17.8 Å². The van der Waals surface area contributed by atoms with Crippen molar-refractivity contribution in [3.05, 3.63) is 35.4 Å². The molecule has 0 atom stereocenters. The van der Waals surface area contributed by atoms with Gasteiger partial charge >= 0.3 is 0 Å². The number of fused-ring (bicyclic) bond motifs is 1. The Morgan fingerprint density at radius 2 is 2.33 bits per heavy atom. The third-order valence-corrected chi connectivity index (χ3v) is 1.92. The molecule has 0 unspecified atom stereocenters. The molecular weight excluding hydrogens is 148 g/mol. The summed E-state index contributed by atoms with van der Waals surface area (Å²) >= 11 is 0. The summed E-state index contributed by atoms with van der Waals surface area (Å²) in [5.41, 5.74) is 2.79. The highest BCUT2D eigenvalue weighted by molar-refractivity contribution is 5.74. The van der Waals surface area contributed by atoms with Gasteiger partial charge in [-0.3, -0.25) is 0 Å². The molecule has 0 aromatic heterocycles. The zero-order valence-electron chi connectivity index (χ0n) is 6.54. The quantitative estimate of drug-likeness (QED) is 0.623. The fourth-order valence-corrected chi connectivity index (χ4v) is 1.34. The molecule has 12 heavy (non-hydrogen) atoms. The molecule has 1 heterocycles. The highest BCUT2D eigenvalue weighted by atomic mass is 14.9. The van der Waals surface area contributed by atoms with Crippen LogP contribution in [0.3, 0.4) is 0 Å². The third-order valence-electron chi connectivity index (χ3n) is 1.92. The predicted molar refractivity (Wildman–Crippen MR) is 48.7 cm³/mol. The highest BCUT2D eigenvalue weighted by Crippen LogP contribution is 2.23. The summed E-state index contributed by atoms with van der Waals surface area (Å²) in [5.74, 6) is 0. The lowest BCUT2D eigenvalue weighted by molar-refractivity contribution is 1.30. The number of nitriles is 1. The molecule has 1 aliphatic rings. The molecule has 0 fully saturated rings. The van der Waals surface area contributed by atoms with Crippen LogP contribution in [0.5, 0.6) is 0 Å². The molecule has 0 saturated heterocycles. The molecule has 2 heteroatoms. The van der Waals surface area contributed by atoms with Crippen molar-refractivity contribution in [2.24, 2.45) is 0 Å². The molecule has 1 aromatic rings. The Bertz CT molecular complexity index is 372. The maximum absolute atomic E-state index is 8.78. The number of nitrogens with zero attached hydrogens (tertiary/aromatic N) is 1. The molecule has 2 rings (SSSR count). The zero-order chi connectivity index (χ0) is 8.39. The van der Waals surface area contributed by atoms with Crippen molar-refractivity contribution >= 4 is 11.8 Å². The summed E-state index contributed by atoms with van der Waals surface area (Å²) in [6.07, 6.45) is 4.01. The van der Waals surface area contributed by atoms with Gasteiger partial charge in [-0.05, 0) is 12.1 Å². The number of benzene rings is 1. The first kappa shape index (κ1) is 6.93. The molecular formula is C10H8N2. The van der Waals surface area contributed by atoms with Gasteiger partial charge in [-0.25, -0.2) is 0 Å². The molecule has 0 saturated carbocycles. The summed E-state index contributed by atoms with van der Waals surface area (Å²) in [7, 11) is 0. The maximum Gasteiger partial charge on any atom is 0.0998 e. The normalized spacial score (nSPS) is 12.9. The van der Waals surface area contributed by atoms with E-state index in [9.17, 15) is 0 Å².